The Morgan fingerprint density at radius 3 is 2.89 bits per heavy atom. The minimum atomic E-state index is -3.59. The fourth-order valence-corrected chi connectivity index (χ4v) is 3.94. The Bertz CT molecular complexity index is 650. The van der Waals surface area contributed by atoms with Crippen LogP contribution in [-0.4, -0.2) is 13.4 Å². The van der Waals surface area contributed by atoms with Crippen molar-refractivity contribution in [3.05, 3.63) is 40.3 Å². The summed E-state index contributed by atoms with van der Waals surface area (Å²) in [4.78, 5) is 4.78. The summed E-state index contributed by atoms with van der Waals surface area (Å²) >= 11 is 1.33. The average molecular weight is 283 g/mol. The molecule has 0 aliphatic carbocycles. The van der Waals surface area contributed by atoms with Gasteiger partial charge >= 0.3 is 0 Å². The van der Waals surface area contributed by atoms with Crippen LogP contribution in [0.5, 0.6) is 0 Å². The molecule has 0 bridgehead atoms. The van der Waals surface area contributed by atoms with E-state index in [2.05, 4.69) is 9.71 Å². The lowest BCUT2D eigenvalue weighted by atomic mass is 10.3. The molecule has 0 spiro atoms. The number of nitrogens with zero attached hydrogens (tertiary/aromatic N) is 1. The lowest BCUT2D eigenvalue weighted by Crippen LogP contribution is -2.15. The van der Waals surface area contributed by atoms with Gasteiger partial charge in [-0.15, -0.1) is 11.3 Å². The molecule has 0 amide bonds. The van der Waals surface area contributed by atoms with E-state index in [9.17, 15) is 8.42 Å². The molecule has 18 heavy (non-hydrogen) atoms. The van der Waals surface area contributed by atoms with Gasteiger partial charge < -0.3 is 5.73 Å². The minimum absolute atomic E-state index is 0.208. The highest BCUT2D eigenvalue weighted by atomic mass is 32.2. The molecular formula is C11H13N3O2S2. The van der Waals surface area contributed by atoms with E-state index in [0.717, 1.165) is 5.56 Å². The molecule has 96 valence electrons. The van der Waals surface area contributed by atoms with Crippen LogP contribution in [0.1, 0.15) is 10.4 Å². The fourth-order valence-electron chi connectivity index (χ4n) is 1.49. The number of hydrogen-bond acceptors (Lipinski definition) is 5. The predicted molar refractivity (Wildman–Crippen MR) is 72.0 cm³/mol. The predicted octanol–water partition coefficient (Wildman–Crippen LogP) is 1.71. The van der Waals surface area contributed by atoms with Crippen LogP contribution in [0.25, 0.3) is 0 Å². The quantitative estimate of drug-likeness (QED) is 0.894. The van der Waals surface area contributed by atoms with Gasteiger partial charge in [0.2, 0.25) is 0 Å². The van der Waals surface area contributed by atoms with Crippen molar-refractivity contribution in [3.8, 4) is 0 Å². The number of thiophene rings is 1. The Balaban J connectivity index is 2.37. The summed E-state index contributed by atoms with van der Waals surface area (Å²) in [5, 5.41) is 1.72. The van der Waals surface area contributed by atoms with Crippen molar-refractivity contribution in [3.63, 3.8) is 0 Å². The van der Waals surface area contributed by atoms with E-state index in [4.69, 9.17) is 5.73 Å². The molecule has 0 saturated carbocycles. The topological polar surface area (TPSA) is 85.1 Å². The van der Waals surface area contributed by atoms with Gasteiger partial charge in [-0.25, -0.2) is 8.42 Å². The maximum absolute atomic E-state index is 12.2. The average Bonchev–Trinajstić information content (AvgIpc) is 2.81. The SMILES string of the molecule is Cc1ccncc1NS(=O)(=O)c1ccsc1CN. The highest BCUT2D eigenvalue weighted by Crippen LogP contribution is 2.24. The molecule has 2 rings (SSSR count). The third-order valence-electron chi connectivity index (χ3n) is 2.46. The number of hydrogen-bond donors (Lipinski definition) is 2. The first-order valence-corrected chi connectivity index (χ1v) is 7.61. The molecule has 0 aliphatic heterocycles. The molecule has 0 radical (unpaired) electrons. The van der Waals surface area contributed by atoms with Crippen molar-refractivity contribution in [1.29, 1.82) is 0 Å². The zero-order chi connectivity index (χ0) is 13.2. The second-order valence-electron chi connectivity index (χ2n) is 3.71. The molecule has 2 aromatic heterocycles. The van der Waals surface area contributed by atoms with E-state index in [1.54, 1.807) is 23.7 Å². The summed E-state index contributed by atoms with van der Waals surface area (Å²) in [6.07, 6.45) is 3.10. The number of aromatic nitrogens is 1. The van der Waals surface area contributed by atoms with Gasteiger partial charge in [-0.05, 0) is 30.0 Å². The maximum atomic E-state index is 12.2. The standard InChI is InChI=1S/C11H13N3O2S2/c1-8-2-4-13-7-9(8)14-18(15,16)11-3-5-17-10(11)6-12/h2-5,7,14H,6,12H2,1H3. The maximum Gasteiger partial charge on any atom is 0.263 e. The van der Waals surface area contributed by atoms with Crippen LogP contribution in [0.4, 0.5) is 5.69 Å². The van der Waals surface area contributed by atoms with Gasteiger partial charge in [-0.2, -0.15) is 0 Å². The van der Waals surface area contributed by atoms with Crippen molar-refractivity contribution in [2.45, 2.75) is 18.4 Å². The van der Waals surface area contributed by atoms with Gasteiger partial charge in [-0.1, -0.05) is 0 Å². The first-order valence-electron chi connectivity index (χ1n) is 5.24. The van der Waals surface area contributed by atoms with Crippen LogP contribution in [-0.2, 0) is 16.6 Å². The zero-order valence-corrected chi connectivity index (χ0v) is 11.4. The van der Waals surface area contributed by atoms with Crippen molar-refractivity contribution in [1.82, 2.24) is 4.98 Å². The van der Waals surface area contributed by atoms with Crippen LogP contribution >= 0.6 is 11.3 Å². The van der Waals surface area contributed by atoms with E-state index in [0.29, 0.717) is 10.6 Å². The Labute approximate surface area is 110 Å². The zero-order valence-electron chi connectivity index (χ0n) is 9.75. The van der Waals surface area contributed by atoms with E-state index < -0.39 is 10.0 Å². The summed E-state index contributed by atoms with van der Waals surface area (Å²) in [5.41, 5.74) is 6.82. The molecular weight excluding hydrogens is 270 g/mol. The number of anilines is 1. The minimum Gasteiger partial charge on any atom is -0.326 e. The van der Waals surface area contributed by atoms with E-state index in [1.165, 1.54) is 17.5 Å². The number of nitrogens with one attached hydrogen (secondary N) is 1. The Kier molecular flexibility index (Phi) is 3.65. The first-order chi connectivity index (χ1) is 8.54. The molecule has 0 aliphatic rings. The van der Waals surface area contributed by atoms with E-state index >= 15 is 0 Å². The Morgan fingerprint density at radius 1 is 1.44 bits per heavy atom. The van der Waals surface area contributed by atoms with Crippen LogP contribution < -0.4 is 10.5 Å². The molecule has 2 heterocycles. The highest BCUT2D eigenvalue weighted by Gasteiger charge is 2.19. The summed E-state index contributed by atoms with van der Waals surface area (Å²) in [5.74, 6) is 0. The fraction of sp³-hybridized carbons (Fsp3) is 0.182. The number of sulfonamides is 1. The highest BCUT2D eigenvalue weighted by molar-refractivity contribution is 7.93. The van der Waals surface area contributed by atoms with Crippen LogP contribution in [0.15, 0.2) is 34.8 Å². The summed E-state index contributed by atoms with van der Waals surface area (Å²) in [6.45, 7) is 2.02. The van der Waals surface area contributed by atoms with E-state index in [-0.39, 0.29) is 11.4 Å². The molecule has 2 aromatic rings. The normalized spacial score (nSPS) is 11.4. The molecule has 3 N–H and O–H groups in total. The largest absolute Gasteiger partial charge is 0.326 e. The Hall–Kier alpha value is -1.44. The number of nitrogens with two attached hydrogens (primary N) is 1. The summed E-state index contributed by atoms with van der Waals surface area (Å²) in [6, 6.07) is 3.30. The molecule has 0 fully saturated rings. The molecule has 0 aromatic carbocycles. The van der Waals surface area contributed by atoms with Crippen molar-refractivity contribution in [2.24, 2.45) is 5.73 Å². The van der Waals surface area contributed by atoms with Gasteiger partial charge in [0.1, 0.15) is 4.90 Å². The van der Waals surface area contributed by atoms with Gasteiger partial charge in [-0.3, -0.25) is 9.71 Å². The third kappa shape index (κ3) is 2.53. The lowest BCUT2D eigenvalue weighted by molar-refractivity contribution is 0.600. The van der Waals surface area contributed by atoms with Gasteiger partial charge in [0.15, 0.2) is 0 Å². The molecule has 0 atom stereocenters. The molecule has 0 unspecified atom stereocenters. The molecule has 5 nitrogen and oxygen atoms in total. The van der Waals surface area contributed by atoms with Crippen molar-refractivity contribution < 1.29 is 8.42 Å². The Morgan fingerprint density at radius 2 is 2.22 bits per heavy atom. The van der Waals surface area contributed by atoms with Crippen LogP contribution in [0, 0.1) is 6.92 Å². The van der Waals surface area contributed by atoms with Crippen molar-refractivity contribution >= 4 is 27.0 Å². The van der Waals surface area contributed by atoms with Crippen molar-refractivity contribution in [2.75, 3.05) is 4.72 Å². The lowest BCUT2D eigenvalue weighted by Gasteiger charge is -2.09. The van der Waals surface area contributed by atoms with Crippen LogP contribution in [0.2, 0.25) is 0 Å². The first kappa shape index (κ1) is 13.0. The second-order valence-corrected chi connectivity index (χ2v) is 6.36. The number of pyridine rings is 1. The number of rotatable bonds is 4. The van der Waals surface area contributed by atoms with E-state index in [1.807, 2.05) is 6.92 Å². The second kappa shape index (κ2) is 5.05. The molecule has 0 saturated heterocycles. The summed E-state index contributed by atoms with van der Waals surface area (Å²) < 4.78 is 26.9. The van der Waals surface area contributed by atoms with Gasteiger partial charge in [0, 0.05) is 17.6 Å². The van der Waals surface area contributed by atoms with Gasteiger partial charge in [0.05, 0.1) is 11.9 Å². The third-order valence-corrected chi connectivity index (χ3v) is 4.99. The molecule has 7 heteroatoms. The monoisotopic (exact) mass is 283 g/mol. The smallest absolute Gasteiger partial charge is 0.263 e. The number of aryl methyl sites for hydroxylation is 1. The van der Waals surface area contributed by atoms with Gasteiger partial charge in [0.25, 0.3) is 10.0 Å². The van der Waals surface area contributed by atoms with Crippen LogP contribution in [0.3, 0.4) is 0 Å². The summed E-state index contributed by atoms with van der Waals surface area (Å²) in [7, 11) is -3.59.